The zero-order valence-corrected chi connectivity index (χ0v) is 57.0. The first kappa shape index (κ1) is 83.1. The Morgan fingerprint density at radius 1 is 0.294 bits per heavy atom. The molecule has 0 aromatic rings. The van der Waals surface area contributed by atoms with Gasteiger partial charge in [0.1, 0.15) is 19.3 Å². The monoisotopic (exact) mass is 1250 g/mol. The molecule has 0 aromatic carbocycles. The summed E-state index contributed by atoms with van der Waals surface area (Å²) in [5.41, 5.74) is 0. The molecule has 0 fully saturated rings. The van der Waals surface area contributed by atoms with Crippen molar-refractivity contribution in [3.63, 3.8) is 0 Å². The lowest BCUT2D eigenvalue weighted by Gasteiger charge is -2.21. The summed E-state index contributed by atoms with van der Waals surface area (Å²) in [6, 6.07) is 0. The Labute approximate surface area is 517 Å². The fourth-order valence-electron chi connectivity index (χ4n) is 9.78. The van der Waals surface area contributed by atoms with Gasteiger partial charge in [-0.2, -0.15) is 0 Å². The van der Waals surface area contributed by atoms with E-state index in [4.69, 9.17) is 37.0 Å². The molecule has 3 N–H and O–H groups in total. The van der Waals surface area contributed by atoms with E-state index in [1.165, 1.54) is 116 Å². The zero-order chi connectivity index (χ0) is 63.2. The Hall–Kier alpha value is -1.94. The molecule has 17 nitrogen and oxygen atoms in total. The first-order valence-corrected chi connectivity index (χ1v) is 37.2. The number of hydrogen-bond donors (Lipinski definition) is 3. The highest BCUT2D eigenvalue weighted by Gasteiger charge is 2.30. The van der Waals surface area contributed by atoms with Gasteiger partial charge in [0, 0.05) is 25.7 Å². The molecule has 19 heteroatoms. The molecule has 0 spiro atoms. The van der Waals surface area contributed by atoms with Crippen LogP contribution in [0.2, 0.25) is 0 Å². The van der Waals surface area contributed by atoms with E-state index in [1.807, 2.05) is 0 Å². The Kier molecular flexibility index (Phi) is 54.8. The number of phosphoric acid groups is 2. The third kappa shape index (κ3) is 60.7. The minimum absolute atomic E-state index is 0.101. The van der Waals surface area contributed by atoms with E-state index in [1.54, 1.807) is 0 Å². The van der Waals surface area contributed by atoms with E-state index < -0.39 is 97.5 Å². The van der Waals surface area contributed by atoms with Crippen molar-refractivity contribution in [2.24, 2.45) is 23.7 Å². The smallest absolute Gasteiger partial charge is 0.462 e. The normalized spacial score (nSPS) is 14.4. The standard InChI is InChI=1S/C66H128O17P2/c1-56(2)42-34-26-18-14-12-10-9-11-13-15-21-32-40-48-65(70)82-61(53-77-64(69)47-39-31-24-22-28-36-44-58(5)6)54-80-84(72,73)78-50-60(67)51-79-85(74,75)81-55-62(83-66(71)49-41-33-25-23-29-37-45-59(7)8)52-76-63(68)46-38-30-20-17-16-19-27-35-43-57(3)4/h56-62,67H,9-55H2,1-8H3,(H,72,73)(H,74,75)/t60-,61+,62+/m0/s1. The Morgan fingerprint density at radius 3 is 0.729 bits per heavy atom. The Balaban J connectivity index is 5.21. The van der Waals surface area contributed by atoms with Crippen LogP contribution in [-0.2, 0) is 65.4 Å². The summed E-state index contributed by atoms with van der Waals surface area (Å²) in [5.74, 6) is 0.720. The number of rotatable bonds is 63. The molecule has 2 unspecified atom stereocenters. The molecule has 0 saturated heterocycles. The molecule has 0 aliphatic rings. The van der Waals surface area contributed by atoms with Crippen molar-refractivity contribution in [3.8, 4) is 0 Å². The predicted octanol–water partition coefficient (Wildman–Crippen LogP) is 18.1. The second-order valence-electron chi connectivity index (χ2n) is 25.8. The summed E-state index contributed by atoms with van der Waals surface area (Å²) < 4.78 is 68.0. The summed E-state index contributed by atoms with van der Waals surface area (Å²) in [4.78, 5) is 72.2. The molecule has 504 valence electrons. The molecule has 0 bridgehead atoms. The van der Waals surface area contributed by atoms with Crippen LogP contribution in [0.4, 0.5) is 0 Å². The topological polar surface area (TPSA) is 237 Å². The summed E-state index contributed by atoms with van der Waals surface area (Å²) in [7, 11) is -9.89. The third-order valence-electron chi connectivity index (χ3n) is 15.1. The summed E-state index contributed by atoms with van der Waals surface area (Å²) in [6.45, 7) is 13.9. The van der Waals surface area contributed by atoms with Gasteiger partial charge < -0.3 is 33.8 Å². The van der Waals surface area contributed by atoms with Gasteiger partial charge in [-0.1, -0.05) is 267 Å². The maximum absolute atomic E-state index is 13.0. The average molecular weight is 1260 g/mol. The van der Waals surface area contributed by atoms with Gasteiger partial charge in [-0.15, -0.1) is 0 Å². The largest absolute Gasteiger partial charge is 0.472 e. The van der Waals surface area contributed by atoms with Crippen molar-refractivity contribution in [3.05, 3.63) is 0 Å². The number of esters is 4. The van der Waals surface area contributed by atoms with Gasteiger partial charge in [-0.3, -0.25) is 37.3 Å². The quantitative estimate of drug-likeness (QED) is 0.0222. The lowest BCUT2D eigenvalue weighted by atomic mass is 10.0. The van der Waals surface area contributed by atoms with Crippen molar-refractivity contribution in [2.75, 3.05) is 39.6 Å². The second kappa shape index (κ2) is 56.1. The number of ether oxygens (including phenoxy) is 4. The average Bonchev–Trinajstić information content (AvgIpc) is 3.52. The molecule has 0 saturated carbocycles. The number of carbonyl (C=O) groups is 4. The maximum Gasteiger partial charge on any atom is 0.472 e. The van der Waals surface area contributed by atoms with Gasteiger partial charge in [0.2, 0.25) is 0 Å². The van der Waals surface area contributed by atoms with Crippen molar-refractivity contribution in [2.45, 2.75) is 337 Å². The van der Waals surface area contributed by atoms with E-state index in [-0.39, 0.29) is 25.7 Å². The Morgan fingerprint density at radius 2 is 0.494 bits per heavy atom. The van der Waals surface area contributed by atoms with Gasteiger partial charge in [-0.25, -0.2) is 9.13 Å². The molecule has 0 amide bonds. The fraction of sp³-hybridized carbons (Fsp3) is 0.939. The minimum Gasteiger partial charge on any atom is -0.462 e. The molecule has 0 aliphatic heterocycles. The van der Waals surface area contributed by atoms with E-state index in [9.17, 15) is 43.2 Å². The lowest BCUT2D eigenvalue weighted by Crippen LogP contribution is -2.30. The third-order valence-corrected chi connectivity index (χ3v) is 17.0. The van der Waals surface area contributed by atoms with Crippen LogP contribution in [0.1, 0.15) is 319 Å². The van der Waals surface area contributed by atoms with Crippen molar-refractivity contribution in [1.29, 1.82) is 0 Å². The second-order valence-corrected chi connectivity index (χ2v) is 28.7. The molecule has 5 atom stereocenters. The van der Waals surface area contributed by atoms with Crippen molar-refractivity contribution >= 4 is 39.5 Å². The highest BCUT2D eigenvalue weighted by molar-refractivity contribution is 7.47. The summed E-state index contributed by atoms with van der Waals surface area (Å²) in [5, 5.41) is 10.5. The van der Waals surface area contributed by atoms with Gasteiger partial charge in [0.25, 0.3) is 0 Å². The fourth-order valence-corrected chi connectivity index (χ4v) is 11.4. The molecular formula is C66H128O17P2. The number of unbranched alkanes of at least 4 members (excludes halogenated alkanes) is 29. The van der Waals surface area contributed by atoms with Gasteiger partial charge in [-0.05, 0) is 49.4 Å². The maximum atomic E-state index is 13.0. The van der Waals surface area contributed by atoms with Gasteiger partial charge in [0.05, 0.1) is 26.4 Å². The molecule has 0 aliphatic carbocycles. The van der Waals surface area contributed by atoms with Crippen LogP contribution < -0.4 is 0 Å². The van der Waals surface area contributed by atoms with Crippen molar-refractivity contribution in [1.82, 2.24) is 0 Å². The Bertz CT molecular complexity index is 1700. The molecule has 0 heterocycles. The summed E-state index contributed by atoms with van der Waals surface area (Å²) >= 11 is 0. The molecule has 0 rings (SSSR count). The predicted molar refractivity (Wildman–Crippen MR) is 340 cm³/mol. The van der Waals surface area contributed by atoms with Crippen LogP contribution in [0.5, 0.6) is 0 Å². The van der Waals surface area contributed by atoms with Crippen LogP contribution in [-0.4, -0.2) is 96.7 Å². The zero-order valence-electron chi connectivity index (χ0n) is 55.2. The summed E-state index contributed by atoms with van der Waals surface area (Å²) in [6.07, 6.45) is 36.6. The van der Waals surface area contributed by atoms with Crippen LogP contribution >= 0.6 is 15.6 Å². The number of aliphatic hydroxyl groups is 1. The van der Waals surface area contributed by atoms with Crippen molar-refractivity contribution < 1.29 is 80.2 Å². The van der Waals surface area contributed by atoms with E-state index >= 15 is 0 Å². The number of aliphatic hydroxyl groups excluding tert-OH is 1. The van der Waals surface area contributed by atoms with Crippen LogP contribution in [0.15, 0.2) is 0 Å². The van der Waals surface area contributed by atoms with Gasteiger partial charge >= 0.3 is 39.5 Å². The lowest BCUT2D eigenvalue weighted by molar-refractivity contribution is -0.161. The van der Waals surface area contributed by atoms with E-state index in [0.717, 1.165) is 108 Å². The van der Waals surface area contributed by atoms with Crippen LogP contribution in [0.25, 0.3) is 0 Å². The highest BCUT2D eigenvalue weighted by atomic mass is 31.2. The first-order chi connectivity index (χ1) is 40.6. The van der Waals surface area contributed by atoms with Crippen LogP contribution in [0.3, 0.4) is 0 Å². The first-order valence-electron chi connectivity index (χ1n) is 34.2. The molecule has 0 aromatic heterocycles. The van der Waals surface area contributed by atoms with E-state index in [0.29, 0.717) is 37.5 Å². The molecule has 85 heavy (non-hydrogen) atoms. The number of hydrogen-bond acceptors (Lipinski definition) is 15. The molecular weight excluding hydrogens is 1130 g/mol. The van der Waals surface area contributed by atoms with Gasteiger partial charge in [0.15, 0.2) is 12.2 Å². The number of phosphoric ester groups is 2. The van der Waals surface area contributed by atoms with E-state index in [2.05, 4.69) is 55.4 Å². The highest BCUT2D eigenvalue weighted by Crippen LogP contribution is 2.45. The van der Waals surface area contributed by atoms with Crippen LogP contribution in [0, 0.1) is 23.7 Å². The molecule has 0 radical (unpaired) electrons. The SMILES string of the molecule is CC(C)CCCCCCCCCCCCCCCC(=O)O[C@H](COC(=O)CCCCCCCCC(C)C)COP(=O)(O)OC[C@H](O)COP(=O)(O)OC[C@@H](COC(=O)CCCCCCCCCCC(C)C)OC(=O)CCCCCCCCC(C)C. The number of carbonyl (C=O) groups excluding carboxylic acids is 4. The minimum atomic E-state index is -4.95.